The Balaban J connectivity index is 2.75. The minimum atomic E-state index is -1.15. The van der Waals surface area contributed by atoms with Gasteiger partial charge in [0.15, 0.2) is 0 Å². The van der Waals surface area contributed by atoms with Crippen molar-refractivity contribution in [1.29, 1.82) is 0 Å². The van der Waals surface area contributed by atoms with Gasteiger partial charge in [-0.2, -0.15) is 0 Å². The molecular formula is C3H6F2N. The van der Waals surface area contributed by atoms with E-state index in [0.29, 0.717) is 0 Å². The maximum Gasteiger partial charge on any atom is 0.109 e. The van der Waals surface area contributed by atoms with Crippen LogP contribution in [-0.2, 0) is 0 Å². The molecule has 1 radical (unpaired) electrons. The van der Waals surface area contributed by atoms with Crippen LogP contribution in [-0.4, -0.2) is 19.4 Å². The molecule has 0 aliphatic heterocycles. The summed E-state index contributed by atoms with van der Waals surface area (Å²) < 4.78 is 21.9. The fourth-order valence-corrected chi connectivity index (χ4v) is 0.0412. The lowest BCUT2D eigenvalue weighted by Crippen LogP contribution is -2.12. The summed E-state index contributed by atoms with van der Waals surface area (Å²) in [6.45, 7) is -1.76. The highest BCUT2D eigenvalue weighted by Gasteiger charge is 1.96. The topological polar surface area (TPSA) is 23.8 Å². The minimum Gasteiger partial charge on any atom is -0.249 e. The summed E-state index contributed by atoms with van der Waals surface area (Å²) in [5.74, 6) is 0. The standard InChI is InChI=1S/C3H6F2N/c4-1-3(6)2-5/h3,6H,1-2H2. The predicted molar refractivity (Wildman–Crippen MR) is 18.8 cm³/mol. The molecule has 0 spiro atoms. The second-order valence-corrected chi connectivity index (χ2v) is 1.01. The van der Waals surface area contributed by atoms with E-state index in [0.717, 1.165) is 0 Å². The van der Waals surface area contributed by atoms with Crippen molar-refractivity contribution in [3.05, 3.63) is 0 Å². The first-order valence-corrected chi connectivity index (χ1v) is 1.64. The molecule has 0 amide bonds. The predicted octanol–water partition coefficient (Wildman–Crippen LogP) is 0.577. The summed E-state index contributed by atoms with van der Waals surface area (Å²) in [6.07, 6.45) is 0. The molecular weight excluding hydrogens is 88.0 g/mol. The molecule has 0 aliphatic rings. The van der Waals surface area contributed by atoms with Crippen molar-refractivity contribution in [3.63, 3.8) is 0 Å². The molecule has 0 fully saturated rings. The zero-order valence-electron chi connectivity index (χ0n) is 3.25. The van der Waals surface area contributed by atoms with Crippen molar-refractivity contribution in [2.45, 2.75) is 6.04 Å². The van der Waals surface area contributed by atoms with E-state index in [1.165, 1.54) is 0 Å². The number of hydrogen-bond donors (Lipinski definition) is 0. The molecule has 0 heterocycles. The van der Waals surface area contributed by atoms with Crippen molar-refractivity contribution in [2.75, 3.05) is 13.3 Å². The van der Waals surface area contributed by atoms with Crippen LogP contribution in [0.1, 0.15) is 0 Å². The van der Waals surface area contributed by atoms with E-state index in [4.69, 9.17) is 5.73 Å². The van der Waals surface area contributed by atoms with Gasteiger partial charge in [-0.05, 0) is 0 Å². The summed E-state index contributed by atoms with van der Waals surface area (Å²) in [6, 6.07) is -1.15. The van der Waals surface area contributed by atoms with Crippen molar-refractivity contribution < 1.29 is 8.78 Å². The highest BCUT2D eigenvalue weighted by molar-refractivity contribution is 4.52. The van der Waals surface area contributed by atoms with E-state index >= 15 is 0 Å². The Morgan fingerprint density at radius 1 is 1.33 bits per heavy atom. The first-order chi connectivity index (χ1) is 2.81. The molecule has 6 heavy (non-hydrogen) atoms. The minimum absolute atomic E-state index is 0.878. The second-order valence-electron chi connectivity index (χ2n) is 1.01. The van der Waals surface area contributed by atoms with Gasteiger partial charge in [-0.3, -0.25) is 0 Å². The number of halogens is 2. The maximum absolute atomic E-state index is 11.0. The van der Waals surface area contributed by atoms with Crippen LogP contribution in [0.25, 0.3) is 0 Å². The normalized spacial score (nSPS) is 10.0. The molecule has 0 aliphatic carbocycles. The van der Waals surface area contributed by atoms with Gasteiger partial charge in [0.1, 0.15) is 13.3 Å². The van der Waals surface area contributed by atoms with Gasteiger partial charge >= 0.3 is 0 Å². The van der Waals surface area contributed by atoms with E-state index in [9.17, 15) is 8.78 Å². The Morgan fingerprint density at radius 3 is 1.67 bits per heavy atom. The van der Waals surface area contributed by atoms with Crippen LogP contribution < -0.4 is 5.73 Å². The van der Waals surface area contributed by atoms with Gasteiger partial charge in [-0.15, -0.1) is 0 Å². The van der Waals surface area contributed by atoms with Gasteiger partial charge in [-0.1, -0.05) is 0 Å². The Bertz CT molecular complexity index is 28.0. The lowest BCUT2D eigenvalue weighted by atomic mass is 10.4. The van der Waals surface area contributed by atoms with Gasteiger partial charge < -0.3 is 0 Å². The van der Waals surface area contributed by atoms with Crippen LogP contribution in [0.2, 0.25) is 0 Å². The molecule has 0 saturated carbocycles. The number of rotatable bonds is 2. The number of hydrogen-bond acceptors (Lipinski definition) is 0. The summed E-state index contributed by atoms with van der Waals surface area (Å²) >= 11 is 0. The third-order valence-electron chi connectivity index (χ3n) is 0.373. The molecule has 3 heteroatoms. The van der Waals surface area contributed by atoms with E-state index < -0.39 is 19.4 Å². The van der Waals surface area contributed by atoms with E-state index in [2.05, 4.69) is 0 Å². The van der Waals surface area contributed by atoms with Crippen LogP contribution in [0, 0.1) is 0 Å². The number of nitrogens with one attached hydrogen (secondary N) is 1. The van der Waals surface area contributed by atoms with E-state index in [1.54, 1.807) is 0 Å². The maximum atomic E-state index is 11.0. The van der Waals surface area contributed by atoms with E-state index in [-0.39, 0.29) is 0 Å². The molecule has 0 aromatic rings. The quantitative estimate of drug-likeness (QED) is 0.478. The fraction of sp³-hybridized carbons (Fsp3) is 1.00. The SMILES string of the molecule is [NH]C(CF)CF. The van der Waals surface area contributed by atoms with Crippen molar-refractivity contribution in [3.8, 4) is 0 Å². The summed E-state index contributed by atoms with van der Waals surface area (Å²) in [4.78, 5) is 0. The van der Waals surface area contributed by atoms with Crippen molar-refractivity contribution in [1.82, 2.24) is 5.73 Å². The third-order valence-corrected chi connectivity index (χ3v) is 0.373. The number of alkyl halides is 2. The Kier molecular flexibility index (Phi) is 2.94. The first kappa shape index (κ1) is 5.82. The van der Waals surface area contributed by atoms with Gasteiger partial charge in [-0.25, -0.2) is 14.5 Å². The summed E-state index contributed by atoms with van der Waals surface area (Å²) in [7, 11) is 0. The summed E-state index contributed by atoms with van der Waals surface area (Å²) in [5.41, 5.74) is 6.32. The van der Waals surface area contributed by atoms with Gasteiger partial charge in [0, 0.05) is 0 Å². The van der Waals surface area contributed by atoms with Crippen LogP contribution in [0.5, 0.6) is 0 Å². The Hall–Kier alpha value is -0.180. The van der Waals surface area contributed by atoms with Crippen LogP contribution in [0.4, 0.5) is 8.78 Å². The van der Waals surface area contributed by atoms with Gasteiger partial charge in [0.2, 0.25) is 0 Å². The average molecular weight is 94.1 g/mol. The van der Waals surface area contributed by atoms with Gasteiger partial charge in [0.05, 0.1) is 6.04 Å². The van der Waals surface area contributed by atoms with Crippen LogP contribution in [0.15, 0.2) is 0 Å². The molecule has 37 valence electrons. The van der Waals surface area contributed by atoms with Crippen LogP contribution >= 0.6 is 0 Å². The molecule has 1 nitrogen and oxygen atoms in total. The largest absolute Gasteiger partial charge is 0.249 e. The third kappa shape index (κ3) is 2.08. The smallest absolute Gasteiger partial charge is 0.109 e. The highest BCUT2D eigenvalue weighted by atomic mass is 19.1. The van der Waals surface area contributed by atoms with Crippen molar-refractivity contribution >= 4 is 0 Å². The first-order valence-electron chi connectivity index (χ1n) is 1.64. The fourth-order valence-electron chi connectivity index (χ4n) is 0.0412. The second kappa shape index (κ2) is 3.03. The van der Waals surface area contributed by atoms with Crippen LogP contribution in [0.3, 0.4) is 0 Å². The van der Waals surface area contributed by atoms with Crippen molar-refractivity contribution in [2.24, 2.45) is 0 Å². The van der Waals surface area contributed by atoms with E-state index in [1.807, 2.05) is 0 Å². The summed E-state index contributed by atoms with van der Waals surface area (Å²) in [5, 5.41) is 0. The molecule has 0 saturated heterocycles. The molecule has 0 atom stereocenters. The zero-order chi connectivity index (χ0) is 4.99. The molecule has 0 aromatic heterocycles. The molecule has 1 N–H and O–H groups in total. The monoisotopic (exact) mass is 94.0 g/mol. The molecule has 0 rings (SSSR count). The average Bonchev–Trinajstić information content (AvgIpc) is 1.65. The highest BCUT2D eigenvalue weighted by Crippen LogP contribution is 1.80. The zero-order valence-corrected chi connectivity index (χ0v) is 3.25. The Morgan fingerprint density at radius 2 is 1.67 bits per heavy atom. The molecule has 0 bridgehead atoms. The Labute approximate surface area is 35.1 Å². The molecule has 0 unspecified atom stereocenters. The molecule has 0 aromatic carbocycles. The van der Waals surface area contributed by atoms with Gasteiger partial charge in [0.25, 0.3) is 0 Å². The lowest BCUT2D eigenvalue weighted by Gasteiger charge is -1.92. The lowest BCUT2D eigenvalue weighted by molar-refractivity contribution is 0.347.